The average molecular weight is 451 g/mol. The van der Waals surface area contributed by atoms with Crippen molar-refractivity contribution in [1.82, 2.24) is 9.21 Å². The van der Waals surface area contributed by atoms with E-state index in [4.69, 9.17) is 4.74 Å². The molecule has 1 atom stereocenters. The predicted octanol–water partition coefficient (Wildman–Crippen LogP) is 4.03. The number of nitrogens with zero attached hydrogens (tertiary/aromatic N) is 2. The number of amides is 1. The van der Waals surface area contributed by atoms with E-state index in [0.717, 1.165) is 22.4 Å². The molecule has 0 bridgehead atoms. The summed E-state index contributed by atoms with van der Waals surface area (Å²) in [6, 6.07) is 22.0. The topological polar surface area (TPSA) is 72.9 Å². The van der Waals surface area contributed by atoms with E-state index in [0.29, 0.717) is 18.7 Å². The van der Waals surface area contributed by atoms with Crippen molar-refractivity contribution in [2.24, 2.45) is 0 Å². The van der Waals surface area contributed by atoms with Gasteiger partial charge in [0.25, 0.3) is 5.91 Å². The van der Waals surface area contributed by atoms with Crippen molar-refractivity contribution in [3.05, 3.63) is 83.9 Å². The van der Waals surface area contributed by atoms with E-state index in [1.807, 2.05) is 49.4 Å². The highest BCUT2D eigenvalue weighted by atomic mass is 32.3. The summed E-state index contributed by atoms with van der Waals surface area (Å²) in [7, 11) is -1.94. The van der Waals surface area contributed by atoms with Gasteiger partial charge in [-0.05, 0) is 54.4 Å². The second kappa shape index (κ2) is 9.24. The second-order valence-electron chi connectivity index (χ2n) is 7.82. The lowest BCUT2D eigenvalue weighted by Crippen LogP contribution is -2.52. The number of piperazine rings is 1. The quantitative estimate of drug-likeness (QED) is 0.550. The molecule has 1 amide bonds. The van der Waals surface area contributed by atoms with Gasteiger partial charge in [-0.25, -0.2) is 0 Å². The van der Waals surface area contributed by atoms with Gasteiger partial charge in [-0.15, -0.1) is 4.31 Å². The lowest BCUT2D eigenvalue weighted by Gasteiger charge is -2.35. The first-order valence-corrected chi connectivity index (χ1v) is 11.9. The van der Waals surface area contributed by atoms with Crippen LogP contribution in [0.15, 0.2) is 77.7 Å². The average Bonchev–Trinajstić information content (AvgIpc) is 2.84. The van der Waals surface area contributed by atoms with Crippen LogP contribution < -0.4 is 4.74 Å². The van der Waals surface area contributed by atoms with Crippen LogP contribution in [0.3, 0.4) is 0 Å². The number of rotatable bonds is 5. The number of ether oxygens (including phenoxy) is 1. The van der Waals surface area contributed by atoms with Crippen LogP contribution in [-0.4, -0.2) is 53.0 Å². The zero-order valence-corrected chi connectivity index (χ0v) is 19.0. The van der Waals surface area contributed by atoms with E-state index in [9.17, 15) is 13.6 Å². The SMILES string of the molecule is COc1cccc(-c2cccc(C(=O)N3CCN([S+](=O)([O-])c4ccc(C)cc4)CC3)c2)c1. The van der Waals surface area contributed by atoms with Crippen LogP contribution in [0.25, 0.3) is 11.1 Å². The highest BCUT2D eigenvalue weighted by Gasteiger charge is 2.34. The molecule has 32 heavy (non-hydrogen) atoms. The Morgan fingerprint density at radius 2 is 1.53 bits per heavy atom. The molecule has 1 unspecified atom stereocenters. The summed E-state index contributed by atoms with van der Waals surface area (Å²) in [6.45, 7) is 3.18. The number of benzene rings is 3. The molecule has 7 heteroatoms. The number of aryl methyl sites for hydroxylation is 1. The molecule has 0 aromatic heterocycles. The molecule has 0 radical (unpaired) electrons. The van der Waals surface area contributed by atoms with Crippen molar-refractivity contribution < 1.29 is 18.3 Å². The molecule has 1 aliphatic rings. The van der Waals surface area contributed by atoms with Crippen LogP contribution in [-0.2, 0) is 14.6 Å². The smallest absolute Gasteiger partial charge is 0.253 e. The van der Waals surface area contributed by atoms with Gasteiger partial charge < -0.3 is 14.2 Å². The van der Waals surface area contributed by atoms with Crippen molar-refractivity contribution in [1.29, 1.82) is 0 Å². The molecule has 6 nitrogen and oxygen atoms in total. The Labute approximate surface area is 189 Å². The molecule has 3 aromatic rings. The van der Waals surface area contributed by atoms with E-state index in [1.54, 1.807) is 42.3 Å². The van der Waals surface area contributed by atoms with E-state index >= 15 is 0 Å². The number of hydrogen-bond acceptors (Lipinski definition) is 4. The van der Waals surface area contributed by atoms with Gasteiger partial charge in [0.05, 0.1) is 20.2 Å². The van der Waals surface area contributed by atoms with Crippen LogP contribution in [0, 0.1) is 6.92 Å². The molecular formula is C25H26N2O4S. The fourth-order valence-corrected chi connectivity index (χ4v) is 5.23. The van der Waals surface area contributed by atoms with Crippen molar-refractivity contribution in [3.63, 3.8) is 0 Å². The zero-order chi connectivity index (χ0) is 22.7. The summed E-state index contributed by atoms with van der Waals surface area (Å²) in [5.74, 6) is 0.660. The number of sulfonamides is 1. The Balaban J connectivity index is 1.45. The molecule has 4 rings (SSSR count). The molecule has 1 fully saturated rings. The van der Waals surface area contributed by atoms with E-state index in [-0.39, 0.29) is 23.9 Å². The van der Waals surface area contributed by atoms with Gasteiger partial charge in [-0.1, -0.05) is 46.2 Å². The Kier molecular flexibility index (Phi) is 6.41. The van der Waals surface area contributed by atoms with Gasteiger partial charge in [0, 0.05) is 18.7 Å². The minimum absolute atomic E-state index is 0.0953. The van der Waals surface area contributed by atoms with E-state index in [2.05, 4.69) is 0 Å². The maximum atomic E-state index is 13.1. The van der Waals surface area contributed by atoms with E-state index in [1.165, 1.54) is 4.31 Å². The molecule has 3 aromatic carbocycles. The van der Waals surface area contributed by atoms with Gasteiger partial charge in [0.1, 0.15) is 5.75 Å². The maximum absolute atomic E-state index is 13.1. The molecule has 1 saturated heterocycles. The van der Waals surface area contributed by atoms with Gasteiger partial charge >= 0.3 is 0 Å². The molecule has 0 saturated carbocycles. The summed E-state index contributed by atoms with van der Waals surface area (Å²) < 4.78 is 32.6. The summed E-state index contributed by atoms with van der Waals surface area (Å²) in [6.07, 6.45) is 0. The van der Waals surface area contributed by atoms with Gasteiger partial charge in [0.15, 0.2) is 15.3 Å². The first-order valence-electron chi connectivity index (χ1n) is 10.5. The monoisotopic (exact) mass is 450 g/mol. The van der Waals surface area contributed by atoms with Crippen molar-refractivity contribution in [2.75, 3.05) is 33.3 Å². The Morgan fingerprint density at radius 3 is 2.19 bits per heavy atom. The minimum Gasteiger partial charge on any atom is -0.593 e. The van der Waals surface area contributed by atoms with Crippen LogP contribution in [0.4, 0.5) is 0 Å². The number of carbonyl (C=O) groups is 1. The molecule has 0 N–H and O–H groups in total. The molecule has 0 spiro atoms. The van der Waals surface area contributed by atoms with Gasteiger partial charge in [-0.2, -0.15) is 0 Å². The molecule has 166 valence electrons. The number of methoxy groups -OCH3 is 1. The largest absolute Gasteiger partial charge is 0.593 e. The molecular weight excluding hydrogens is 424 g/mol. The summed E-state index contributed by atoms with van der Waals surface area (Å²) >= 11 is 0. The molecule has 0 aliphatic carbocycles. The predicted molar refractivity (Wildman–Crippen MR) is 124 cm³/mol. The highest BCUT2D eigenvalue weighted by Crippen LogP contribution is 2.26. The standard InChI is InChI=1S/C25H26N2O4S/c1-19-9-11-24(12-10-19)32(29,30)27-15-13-26(14-16-27)25(28)22-7-3-5-20(17-22)21-6-4-8-23(18-21)31-2/h3-12,17-18H,13-16H2,1-2H3. The normalized spacial score (nSPS) is 16.4. The first kappa shape index (κ1) is 22.2. The summed E-state index contributed by atoms with van der Waals surface area (Å²) in [5.41, 5.74) is 3.49. The second-order valence-corrected chi connectivity index (χ2v) is 9.76. The van der Waals surface area contributed by atoms with Gasteiger partial charge in [-0.3, -0.25) is 4.79 Å². The van der Waals surface area contributed by atoms with Crippen LogP contribution in [0.2, 0.25) is 0 Å². The van der Waals surface area contributed by atoms with E-state index < -0.39 is 10.4 Å². The lowest BCUT2D eigenvalue weighted by molar-refractivity contribution is 0.0693. The van der Waals surface area contributed by atoms with Crippen molar-refractivity contribution in [3.8, 4) is 16.9 Å². The van der Waals surface area contributed by atoms with Gasteiger partial charge in [0.2, 0.25) is 0 Å². The van der Waals surface area contributed by atoms with Crippen LogP contribution in [0.1, 0.15) is 15.9 Å². The van der Waals surface area contributed by atoms with Crippen molar-refractivity contribution >= 4 is 16.3 Å². The molecule has 1 aliphatic heterocycles. The fraction of sp³-hybridized carbons (Fsp3) is 0.240. The Hall–Kier alpha value is -3.00. The van der Waals surface area contributed by atoms with Crippen LogP contribution in [0.5, 0.6) is 5.75 Å². The minimum atomic E-state index is -3.56. The van der Waals surface area contributed by atoms with Crippen molar-refractivity contribution in [2.45, 2.75) is 11.8 Å². The first-order chi connectivity index (χ1) is 15.4. The zero-order valence-electron chi connectivity index (χ0n) is 18.2. The third-order valence-electron chi connectivity index (χ3n) is 5.70. The maximum Gasteiger partial charge on any atom is 0.253 e. The Bertz CT molecular complexity index is 1150. The Morgan fingerprint density at radius 1 is 0.906 bits per heavy atom. The number of carbonyl (C=O) groups excluding carboxylic acids is 1. The highest BCUT2D eigenvalue weighted by molar-refractivity contribution is 7.95. The third kappa shape index (κ3) is 4.60. The fourth-order valence-electron chi connectivity index (χ4n) is 3.81. The summed E-state index contributed by atoms with van der Waals surface area (Å²) in [5, 5.41) is 0. The lowest BCUT2D eigenvalue weighted by atomic mass is 10.0. The van der Waals surface area contributed by atoms with Crippen LogP contribution >= 0.6 is 0 Å². The molecule has 1 heterocycles. The third-order valence-corrected chi connectivity index (χ3v) is 7.61. The number of hydrogen-bond donors (Lipinski definition) is 0. The summed E-state index contributed by atoms with van der Waals surface area (Å²) in [4.78, 5) is 15.1.